The van der Waals surface area contributed by atoms with Crippen LogP contribution in [0.4, 0.5) is 5.69 Å². The molecule has 0 unspecified atom stereocenters. The second kappa shape index (κ2) is 5.15. The maximum absolute atomic E-state index is 12.0. The fourth-order valence-electron chi connectivity index (χ4n) is 2.69. The van der Waals surface area contributed by atoms with E-state index in [0.29, 0.717) is 31.7 Å². The topological polar surface area (TPSA) is 60.9 Å². The van der Waals surface area contributed by atoms with Gasteiger partial charge in [0, 0.05) is 32.1 Å². The molecular formula is C15H18N2O3. The number of hydrogen-bond donors (Lipinski definition) is 1. The Balaban J connectivity index is 1.69. The number of carbonyl (C=O) groups excluding carboxylic acids is 1. The van der Waals surface area contributed by atoms with E-state index in [4.69, 9.17) is 0 Å². The van der Waals surface area contributed by atoms with E-state index in [0.717, 1.165) is 18.5 Å². The van der Waals surface area contributed by atoms with Crippen LogP contribution in [-0.2, 0) is 4.79 Å². The zero-order valence-electron chi connectivity index (χ0n) is 11.3. The van der Waals surface area contributed by atoms with Gasteiger partial charge in [-0.1, -0.05) is 12.1 Å². The minimum Gasteiger partial charge on any atom is -0.478 e. The van der Waals surface area contributed by atoms with Crippen molar-refractivity contribution in [3.63, 3.8) is 0 Å². The Morgan fingerprint density at radius 2 is 1.70 bits per heavy atom. The van der Waals surface area contributed by atoms with Crippen LogP contribution < -0.4 is 4.90 Å². The van der Waals surface area contributed by atoms with E-state index in [9.17, 15) is 14.7 Å². The van der Waals surface area contributed by atoms with Crippen molar-refractivity contribution in [1.82, 2.24) is 4.90 Å². The van der Waals surface area contributed by atoms with Crippen molar-refractivity contribution in [3.8, 4) is 0 Å². The fourth-order valence-corrected chi connectivity index (χ4v) is 2.69. The number of anilines is 1. The lowest BCUT2D eigenvalue weighted by Gasteiger charge is -2.36. The Morgan fingerprint density at radius 1 is 1.05 bits per heavy atom. The molecule has 2 aliphatic rings. The zero-order valence-corrected chi connectivity index (χ0v) is 11.3. The summed E-state index contributed by atoms with van der Waals surface area (Å²) in [6, 6.07) is 7.05. The molecule has 5 heteroatoms. The average molecular weight is 274 g/mol. The van der Waals surface area contributed by atoms with Gasteiger partial charge in [0.25, 0.3) is 0 Å². The highest BCUT2D eigenvalue weighted by atomic mass is 16.4. The number of nitrogens with zero attached hydrogens (tertiary/aromatic N) is 2. The summed E-state index contributed by atoms with van der Waals surface area (Å²) in [6.07, 6.45) is 2.06. The molecule has 2 fully saturated rings. The summed E-state index contributed by atoms with van der Waals surface area (Å²) in [5, 5.41) is 9.23. The first kappa shape index (κ1) is 13.0. The maximum atomic E-state index is 12.0. The number of carboxylic acid groups (broad SMARTS) is 1. The highest BCUT2D eigenvalue weighted by Crippen LogP contribution is 2.31. The van der Waals surface area contributed by atoms with Crippen molar-refractivity contribution < 1.29 is 14.7 Å². The number of carboxylic acids is 1. The first-order valence-corrected chi connectivity index (χ1v) is 7.03. The van der Waals surface area contributed by atoms with Crippen LogP contribution in [0.15, 0.2) is 24.3 Å². The van der Waals surface area contributed by atoms with E-state index in [-0.39, 0.29) is 11.8 Å². The number of para-hydroxylation sites is 1. The summed E-state index contributed by atoms with van der Waals surface area (Å²) in [5.74, 6) is -0.374. The van der Waals surface area contributed by atoms with Gasteiger partial charge in [-0.05, 0) is 25.0 Å². The molecule has 1 aromatic rings. The van der Waals surface area contributed by atoms with E-state index in [1.165, 1.54) is 0 Å². The largest absolute Gasteiger partial charge is 0.478 e. The normalized spacial score (nSPS) is 19.0. The van der Waals surface area contributed by atoms with E-state index in [1.54, 1.807) is 12.1 Å². The summed E-state index contributed by atoms with van der Waals surface area (Å²) in [6.45, 7) is 2.76. The first-order chi connectivity index (χ1) is 9.66. The smallest absolute Gasteiger partial charge is 0.337 e. The number of aromatic carboxylic acids is 1. The lowest BCUT2D eigenvalue weighted by molar-refractivity contribution is -0.132. The van der Waals surface area contributed by atoms with Crippen molar-refractivity contribution in [2.24, 2.45) is 5.92 Å². The summed E-state index contributed by atoms with van der Waals surface area (Å²) in [4.78, 5) is 27.2. The van der Waals surface area contributed by atoms with Crippen molar-refractivity contribution in [1.29, 1.82) is 0 Å². The van der Waals surface area contributed by atoms with Gasteiger partial charge in [-0.3, -0.25) is 4.79 Å². The molecule has 20 heavy (non-hydrogen) atoms. The Morgan fingerprint density at radius 3 is 2.30 bits per heavy atom. The van der Waals surface area contributed by atoms with Gasteiger partial charge in [-0.15, -0.1) is 0 Å². The van der Waals surface area contributed by atoms with Gasteiger partial charge in [0.2, 0.25) is 5.91 Å². The van der Waals surface area contributed by atoms with Gasteiger partial charge in [-0.25, -0.2) is 4.79 Å². The minimum absolute atomic E-state index is 0.257. The lowest BCUT2D eigenvalue weighted by atomic mass is 10.1. The van der Waals surface area contributed by atoms with Crippen LogP contribution in [0.25, 0.3) is 0 Å². The molecule has 106 valence electrons. The molecule has 1 aliphatic carbocycles. The van der Waals surface area contributed by atoms with E-state index in [1.807, 2.05) is 17.0 Å². The van der Waals surface area contributed by atoms with Crippen LogP contribution in [0, 0.1) is 5.92 Å². The molecule has 3 rings (SSSR count). The number of piperazine rings is 1. The highest BCUT2D eigenvalue weighted by Gasteiger charge is 2.34. The molecule has 5 nitrogen and oxygen atoms in total. The second-order valence-corrected chi connectivity index (χ2v) is 5.41. The average Bonchev–Trinajstić information content (AvgIpc) is 3.31. The number of carbonyl (C=O) groups is 2. The summed E-state index contributed by atoms with van der Waals surface area (Å²) < 4.78 is 0. The maximum Gasteiger partial charge on any atom is 0.337 e. The molecule has 0 bridgehead atoms. The Kier molecular flexibility index (Phi) is 3.34. The monoisotopic (exact) mass is 274 g/mol. The summed E-state index contributed by atoms with van der Waals surface area (Å²) in [5.41, 5.74) is 1.08. The molecule has 1 saturated heterocycles. The van der Waals surface area contributed by atoms with E-state index in [2.05, 4.69) is 4.90 Å². The molecule has 0 radical (unpaired) electrons. The van der Waals surface area contributed by atoms with Crippen LogP contribution in [0.2, 0.25) is 0 Å². The Bertz CT molecular complexity index is 532. The lowest BCUT2D eigenvalue weighted by Crippen LogP contribution is -2.49. The zero-order chi connectivity index (χ0) is 14.1. The number of rotatable bonds is 3. The predicted molar refractivity (Wildman–Crippen MR) is 74.9 cm³/mol. The van der Waals surface area contributed by atoms with Crippen molar-refractivity contribution in [2.45, 2.75) is 12.8 Å². The number of benzene rings is 1. The molecule has 1 N–H and O–H groups in total. The SMILES string of the molecule is O=C(O)c1ccccc1N1CCN(C(=O)C2CC2)CC1. The van der Waals surface area contributed by atoms with E-state index >= 15 is 0 Å². The molecular weight excluding hydrogens is 256 g/mol. The van der Waals surface area contributed by atoms with Crippen molar-refractivity contribution in [2.75, 3.05) is 31.1 Å². The Hall–Kier alpha value is -2.04. The van der Waals surface area contributed by atoms with Gasteiger partial charge >= 0.3 is 5.97 Å². The van der Waals surface area contributed by atoms with Gasteiger partial charge in [0.05, 0.1) is 11.3 Å². The standard InChI is InChI=1S/C15H18N2O3/c18-14(11-5-6-11)17-9-7-16(8-10-17)13-4-2-1-3-12(13)15(19)20/h1-4,11H,5-10H2,(H,19,20). The van der Waals surface area contributed by atoms with E-state index < -0.39 is 5.97 Å². The van der Waals surface area contributed by atoms with Gasteiger partial charge in [-0.2, -0.15) is 0 Å². The van der Waals surface area contributed by atoms with Gasteiger partial charge in [0.15, 0.2) is 0 Å². The quantitative estimate of drug-likeness (QED) is 0.906. The van der Waals surface area contributed by atoms with Crippen LogP contribution in [0.1, 0.15) is 23.2 Å². The molecule has 0 spiro atoms. The molecule has 1 aliphatic heterocycles. The van der Waals surface area contributed by atoms with Crippen molar-refractivity contribution in [3.05, 3.63) is 29.8 Å². The molecule has 1 heterocycles. The van der Waals surface area contributed by atoms with Crippen LogP contribution in [0.5, 0.6) is 0 Å². The number of hydrogen-bond acceptors (Lipinski definition) is 3. The summed E-state index contributed by atoms with van der Waals surface area (Å²) in [7, 11) is 0. The third kappa shape index (κ3) is 2.48. The number of amides is 1. The summed E-state index contributed by atoms with van der Waals surface area (Å²) >= 11 is 0. The third-order valence-electron chi connectivity index (χ3n) is 3.99. The molecule has 1 amide bonds. The van der Waals surface area contributed by atoms with Gasteiger partial charge < -0.3 is 14.9 Å². The third-order valence-corrected chi connectivity index (χ3v) is 3.99. The van der Waals surface area contributed by atoms with Gasteiger partial charge in [0.1, 0.15) is 0 Å². The second-order valence-electron chi connectivity index (χ2n) is 5.41. The van der Waals surface area contributed by atoms with Crippen LogP contribution in [-0.4, -0.2) is 48.1 Å². The Labute approximate surface area is 117 Å². The first-order valence-electron chi connectivity index (χ1n) is 7.03. The predicted octanol–water partition coefficient (Wildman–Crippen LogP) is 1.44. The van der Waals surface area contributed by atoms with Crippen molar-refractivity contribution >= 4 is 17.6 Å². The molecule has 1 aromatic carbocycles. The van der Waals surface area contributed by atoms with Crippen LogP contribution >= 0.6 is 0 Å². The highest BCUT2D eigenvalue weighted by molar-refractivity contribution is 5.94. The fraction of sp³-hybridized carbons (Fsp3) is 0.467. The minimum atomic E-state index is -0.905. The molecule has 0 aromatic heterocycles. The van der Waals surface area contributed by atoms with Crippen LogP contribution in [0.3, 0.4) is 0 Å². The molecule has 0 atom stereocenters. The molecule has 1 saturated carbocycles.